The van der Waals surface area contributed by atoms with E-state index in [1.165, 1.54) is 38.4 Å². The summed E-state index contributed by atoms with van der Waals surface area (Å²) in [5.74, 6) is -1.28. The molecule has 0 atom stereocenters. The Hall–Kier alpha value is -2.69. The number of ether oxygens (including phenoxy) is 1. The van der Waals surface area contributed by atoms with E-state index in [-0.39, 0.29) is 10.7 Å². The Kier molecular flexibility index (Phi) is 6.30. The van der Waals surface area contributed by atoms with Gasteiger partial charge in [0.15, 0.2) is 6.61 Å². The second kappa shape index (κ2) is 8.58. The van der Waals surface area contributed by atoms with Crippen molar-refractivity contribution in [1.29, 1.82) is 0 Å². The molecule has 3 rings (SSSR count). The van der Waals surface area contributed by atoms with Crippen LogP contribution in [0.4, 0.5) is 5.69 Å². The maximum Gasteiger partial charge on any atom is 0.375 e. The molecule has 2 aromatic carbocycles. The van der Waals surface area contributed by atoms with Crippen molar-refractivity contribution in [2.45, 2.75) is 11.8 Å². The van der Waals surface area contributed by atoms with E-state index in [4.69, 9.17) is 9.15 Å². The van der Waals surface area contributed by atoms with Crippen molar-refractivity contribution in [1.82, 2.24) is 4.31 Å². The van der Waals surface area contributed by atoms with Crippen LogP contribution in [0.1, 0.15) is 16.1 Å². The first-order chi connectivity index (χ1) is 14.1. The average Bonchev–Trinajstić information content (AvgIpc) is 3.02. The Labute approximate surface area is 182 Å². The summed E-state index contributed by atoms with van der Waals surface area (Å²) >= 11 is 3.37. The number of nitrogens with zero attached hydrogens (tertiary/aromatic N) is 1. The molecule has 1 heterocycles. The Morgan fingerprint density at radius 3 is 2.43 bits per heavy atom. The number of hydrogen-bond acceptors (Lipinski definition) is 6. The molecule has 0 fully saturated rings. The van der Waals surface area contributed by atoms with Gasteiger partial charge in [-0.25, -0.2) is 17.5 Å². The molecule has 8 nitrogen and oxygen atoms in total. The smallest absolute Gasteiger partial charge is 0.375 e. The van der Waals surface area contributed by atoms with Crippen LogP contribution < -0.4 is 5.32 Å². The fourth-order valence-electron chi connectivity index (χ4n) is 2.70. The highest BCUT2D eigenvalue weighted by atomic mass is 79.9. The van der Waals surface area contributed by atoms with Crippen LogP contribution in [-0.4, -0.2) is 45.3 Å². The summed E-state index contributed by atoms with van der Waals surface area (Å²) in [5.41, 5.74) is 1.53. The molecule has 0 radical (unpaired) electrons. The number of hydrogen-bond donors (Lipinski definition) is 1. The molecule has 0 aliphatic rings. The fraction of sp³-hybridized carbons (Fsp3) is 0.200. The lowest BCUT2D eigenvalue weighted by Gasteiger charge is -2.12. The van der Waals surface area contributed by atoms with Gasteiger partial charge in [0.25, 0.3) is 5.91 Å². The minimum atomic E-state index is -3.55. The predicted molar refractivity (Wildman–Crippen MR) is 115 cm³/mol. The molecule has 10 heteroatoms. The summed E-state index contributed by atoms with van der Waals surface area (Å²) in [6.45, 7) is 1.22. The zero-order chi connectivity index (χ0) is 22.1. The van der Waals surface area contributed by atoms with E-state index in [1.54, 1.807) is 19.1 Å². The number of sulfonamides is 1. The first-order valence-corrected chi connectivity index (χ1v) is 11.0. The van der Waals surface area contributed by atoms with Gasteiger partial charge in [0, 0.05) is 35.2 Å². The van der Waals surface area contributed by atoms with Crippen molar-refractivity contribution >= 4 is 54.5 Å². The maximum atomic E-state index is 12.3. The van der Waals surface area contributed by atoms with E-state index in [0.717, 1.165) is 14.2 Å². The largest absolute Gasteiger partial charge is 0.450 e. The molecule has 0 aliphatic heterocycles. The molecule has 0 spiro atoms. The molecule has 1 aromatic heterocycles. The summed E-state index contributed by atoms with van der Waals surface area (Å²) < 4.78 is 36.7. The molecule has 0 aliphatic carbocycles. The van der Waals surface area contributed by atoms with Gasteiger partial charge < -0.3 is 14.5 Å². The highest BCUT2D eigenvalue weighted by molar-refractivity contribution is 9.10. The van der Waals surface area contributed by atoms with Gasteiger partial charge in [-0.2, -0.15) is 0 Å². The third-order valence-corrected chi connectivity index (χ3v) is 6.66. The van der Waals surface area contributed by atoms with Crippen LogP contribution in [0.2, 0.25) is 0 Å². The molecule has 1 amide bonds. The molecule has 0 saturated heterocycles. The number of fused-ring (bicyclic) bond motifs is 1. The average molecular weight is 495 g/mol. The lowest BCUT2D eigenvalue weighted by molar-refractivity contribution is -0.119. The third kappa shape index (κ3) is 4.55. The van der Waals surface area contributed by atoms with Gasteiger partial charge in [-0.05, 0) is 49.4 Å². The number of amides is 1. The Morgan fingerprint density at radius 1 is 1.13 bits per heavy atom. The number of halogens is 1. The SMILES string of the molecule is Cc1c(C(=O)OCC(=O)Nc2ccc(S(=O)(=O)N(C)C)cc2)oc2ccc(Br)cc12. The third-order valence-electron chi connectivity index (χ3n) is 4.33. The summed E-state index contributed by atoms with van der Waals surface area (Å²) in [4.78, 5) is 24.5. The van der Waals surface area contributed by atoms with Gasteiger partial charge >= 0.3 is 5.97 Å². The van der Waals surface area contributed by atoms with E-state index >= 15 is 0 Å². The van der Waals surface area contributed by atoms with Gasteiger partial charge in [0.05, 0.1) is 4.90 Å². The summed E-state index contributed by atoms with van der Waals surface area (Å²) in [7, 11) is -0.689. The zero-order valence-electron chi connectivity index (χ0n) is 16.4. The van der Waals surface area contributed by atoms with Gasteiger partial charge in [0.1, 0.15) is 5.58 Å². The molecule has 30 heavy (non-hydrogen) atoms. The van der Waals surface area contributed by atoms with Gasteiger partial charge in [-0.3, -0.25) is 4.79 Å². The molecular weight excluding hydrogens is 476 g/mol. The summed E-state index contributed by atoms with van der Waals surface area (Å²) in [6.07, 6.45) is 0. The Balaban J connectivity index is 1.62. The molecule has 158 valence electrons. The minimum absolute atomic E-state index is 0.0362. The van der Waals surface area contributed by atoms with E-state index in [2.05, 4.69) is 21.2 Å². The van der Waals surface area contributed by atoms with Crippen LogP contribution in [0, 0.1) is 6.92 Å². The van der Waals surface area contributed by atoms with Gasteiger partial charge in [-0.1, -0.05) is 15.9 Å². The number of aryl methyl sites for hydroxylation is 1. The number of carbonyl (C=O) groups excluding carboxylic acids is 2. The molecule has 0 unspecified atom stereocenters. The van der Waals surface area contributed by atoms with Crippen LogP contribution in [0.15, 0.2) is 56.2 Å². The maximum absolute atomic E-state index is 12.3. The van der Waals surface area contributed by atoms with E-state index in [0.29, 0.717) is 16.8 Å². The monoisotopic (exact) mass is 494 g/mol. The van der Waals surface area contributed by atoms with Crippen molar-refractivity contribution in [3.8, 4) is 0 Å². The molecule has 3 aromatic rings. The second-order valence-corrected chi connectivity index (χ2v) is 9.70. The molecule has 0 bridgehead atoms. The van der Waals surface area contributed by atoms with Crippen molar-refractivity contribution in [3.63, 3.8) is 0 Å². The zero-order valence-corrected chi connectivity index (χ0v) is 18.8. The Morgan fingerprint density at radius 2 is 1.80 bits per heavy atom. The number of furan rings is 1. The standard InChI is InChI=1S/C20H19BrN2O6S/c1-12-16-10-13(21)4-9-17(16)29-19(12)20(25)28-11-18(24)22-14-5-7-15(8-6-14)30(26,27)23(2)3/h4-10H,11H2,1-3H3,(H,22,24). The van der Waals surface area contributed by atoms with Crippen LogP contribution in [0.3, 0.4) is 0 Å². The van der Waals surface area contributed by atoms with Crippen molar-refractivity contribution in [2.24, 2.45) is 0 Å². The first-order valence-electron chi connectivity index (χ1n) is 8.78. The van der Waals surface area contributed by atoms with Crippen LogP contribution in [0.5, 0.6) is 0 Å². The lowest BCUT2D eigenvalue weighted by atomic mass is 10.1. The van der Waals surface area contributed by atoms with E-state index < -0.39 is 28.5 Å². The van der Waals surface area contributed by atoms with E-state index in [9.17, 15) is 18.0 Å². The van der Waals surface area contributed by atoms with Crippen molar-refractivity contribution < 1.29 is 27.2 Å². The minimum Gasteiger partial charge on any atom is -0.450 e. The van der Waals surface area contributed by atoms with Crippen LogP contribution in [0.25, 0.3) is 11.0 Å². The number of anilines is 1. The lowest BCUT2D eigenvalue weighted by Crippen LogP contribution is -2.22. The van der Waals surface area contributed by atoms with Crippen molar-refractivity contribution in [2.75, 3.05) is 26.0 Å². The summed E-state index contributed by atoms with van der Waals surface area (Å²) in [5, 5.41) is 3.32. The van der Waals surface area contributed by atoms with Crippen LogP contribution in [-0.2, 0) is 19.6 Å². The molecule has 0 saturated carbocycles. The fourth-order valence-corrected chi connectivity index (χ4v) is 3.97. The normalized spacial score (nSPS) is 11.6. The molecule has 1 N–H and O–H groups in total. The quantitative estimate of drug-likeness (QED) is 0.525. The second-order valence-electron chi connectivity index (χ2n) is 6.63. The van der Waals surface area contributed by atoms with Crippen molar-refractivity contribution in [3.05, 3.63) is 58.3 Å². The summed E-state index contributed by atoms with van der Waals surface area (Å²) in [6, 6.07) is 11.0. The Bertz CT molecular complexity index is 1220. The number of rotatable bonds is 6. The highest BCUT2D eigenvalue weighted by Gasteiger charge is 2.21. The van der Waals surface area contributed by atoms with Gasteiger partial charge in [-0.15, -0.1) is 0 Å². The number of benzene rings is 2. The highest BCUT2D eigenvalue weighted by Crippen LogP contribution is 2.28. The topological polar surface area (TPSA) is 106 Å². The number of carbonyl (C=O) groups is 2. The van der Waals surface area contributed by atoms with E-state index in [1.807, 2.05) is 6.07 Å². The predicted octanol–water partition coefficient (Wildman–Crippen LogP) is 3.55. The first kappa shape index (κ1) is 22.0. The number of esters is 1. The molecular formula is C20H19BrN2O6S. The van der Waals surface area contributed by atoms with Crippen LogP contribution >= 0.6 is 15.9 Å². The van der Waals surface area contributed by atoms with Gasteiger partial charge in [0.2, 0.25) is 15.8 Å². The number of nitrogens with one attached hydrogen (secondary N) is 1.